The van der Waals surface area contributed by atoms with E-state index in [0.29, 0.717) is 18.1 Å². The van der Waals surface area contributed by atoms with Crippen molar-refractivity contribution in [2.24, 2.45) is 0 Å². The van der Waals surface area contributed by atoms with Gasteiger partial charge in [-0.1, -0.05) is 12.8 Å². The van der Waals surface area contributed by atoms with Crippen molar-refractivity contribution in [3.05, 3.63) is 12.3 Å². The van der Waals surface area contributed by atoms with Gasteiger partial charge in [0.25, 0.3) is 0 Å². The fourth-order valence-electron chi connectivity index (χ4n) is 4.10. The van der Waals surface area contributed by atoms with Crippen LogP contribution in [0.25, 0.3) is 0 Å². The van der Waals surface area contributed by atoms with Crippen molar-refractivity contribution < 1.29 is 9.84 Å². The van der Waals surface area contributed by atoms with E-state index in [9.17, 15) is 5.11 Å². The molecule has 2 aliphatic carbocycles. The predicted molar refractivity (Wildman–Crippen MR) is 99.8 cm³/mol. The summed E-state index contributed by atoms with van der Waals surface area (Å²) in [4.78, 5) is 9.00. The first kappa shape index (κ1) is 18.4. The quantitative estimate of drug-likeness (QED) is 0.708. The molecule has 2 saturated carbocycles. The molecule has 6 nitrogen and oxygen atoms in total. The third-order valence-corrected chi connectivity index (χ3v) is 5.55. The molecule has 0 saturated heterocycles. The number of anilines is 2. The zero-order valence-electron chi connectivity index (χ0n) is 15.5. The third kappa shape index (κ3) is 5.54. The van der Waals surface area contributed by atoms with Gasteiger partial charge in [0.1, 0.15) is 5.82 Å². The SMILES string of the molecule is COC1CCC(Nc2nccc(N[C@H]3CCCC[C@](C)(O)C3)n2)CC1. The molecule has 0 aromatic carbocycles. The van der Waals surface area contributed by atoms with E-state index in [4.69, 9.17) is 4.74 Å². The third-order valence-electron chi connectivity index (χ3n) is 5.55. The lowest BCUT2D eigenvalue weighted by atomic mass is 9.93. The minimum absolute atomic E-state index is 0.261. The summed E-state index contributed by atoms with van der Waals surface area (Å²) in [5, 5.41) is 17.4. The lowest BCUT2D eigenvalue weighted by Gasteiger charge is -2.28. The first-order valence-electron chi connectivity index (χ1n) is 9.65. The molecule has 3 N–H and O–H groups in total. The number of aromatic nitrogens is 2. The molecule has 140 valence electrons. The van der Waals surface area contributed by atoms with Gasteiger partial charge in [-0.3, -0.25) is 0 Å². The van der Waals surface area contributed by atoms with Crippen LogP contribution in [-0.2, 0) is 4.74 Å². The summed E-state index contributed by atoms with van der Waals surface area (Å²) in [5.41, 5.74) is -0.581. The van der Waals surface area contributed by atoms with Crippen molar-refractivity contribution in [3.8, 4) is 0 Å². The molecule has 0 unspecified atom stereocenters. The Kier molecular flexibility index (Phi) is 6.12. The van der Waals surface area contributed by atoms with Gasteiger partial charge in [-0.2, -0.15) is 4.98 Å². The van der Waals surface area contributed by atoms with Crippen LogP contribution in [0.2, 0.25) is 0 Å². The number of nitrogens with zero attached hydrogens (tertiary/aromatic N) is 2. The molecule has 2 aliphatic rings. The number of methoxy groups -OCH3 is 1. The molecule has 1 aromatic rings. The maximum atomic E-state index is 10.4. The highest BCUT2D eigenvalue weighted by Gasteiger charge is 2.28. The van der Waals surface area contributed by atoms with E-state index in [0.717, 1.165) is 63.6 Å². The van der Waals surface area contributed by atoms with Gasteiger partial charge in [-0.05, 0) is 57.9 Å². The average Bonchev–Trinajstić information content (AvgIpc) is 2.76. The predicted octanol–water partition coefficient (Wildman–Crippen LogP) is 3.34. The van der Waals surface area contributed by atoms with Gasteiger partial charge in [0.2, 0.25) is 5.95 Å². The van der Waals surface area contributed by atoms with Crippen molar-refractivity contribution in [1.29, 1.82) is 0 Å². The number of hydrogen-bond donors (Lipinski definition) is 3. The first-order chi connectivity index (χ1) is 12.0. The van der Waals surface area contributed by atoms with Gasteiger partial charge < -0.3 is 20.5 Å². The highest BCUT2D eigenvalue weighted by Crippen LogP contribution is 2.28. The maximum Gasteiger partial charge on any atom is 0.224 e. The smallest absolute Gasteiger partial charge is 0.224 e. The van der Waals surface area contributed by atoms with Crippen molar-refractivity contribution in [3.63, 3.8) is 0 Å². The Balaban J connectivity index is 1.56. The molecule has 1 heterocycles. The lowest BCUT2D eigenvalue weighted by Crippen LogP contribution is -2.32. The van der Waals surface area contributed by atoms with Crippen LogP contribution >= 0.6 is 0 Å². The summed E-state index contributed by atoms with van der Waals surface area (Å²) >= 11 is 0. The van der Waals surface area contributed by atoms with Gasteiger partial charge in [-0.25, -0.2) is 4.98 Å². The minimum atomic E-state index is -0.581. The van der Waals surface area contributed by atoms with Crippen molar-refractivity contribution in [2.45, 2.75) is 88.5 Å². The van der Waals surface area contributed by atoms with E-state index in [1.807, 2.05) is 13.0 Å². The Bertz CT molecular complexity index is 544. The molecule has 3 rings (SSSR count). The fourth-order valence-corrected chi connectivity index (χ4v) is 4.10. The van der Waals surface area contributed by atoms with Gasteiger partial charge in [-0.15, -0.1) is 0 Å². The van der Waals surface area contributed by atoms with E-state index < -0.39 is 5.60 Å². The maximum absolute atomic E-state index is 10.4. The molecule has 25 heavy (non-hydrogen) atoms. The van der Waals surface area contributed by atoms with Crippen LogP contribution in [0, 0.1) is 0 Å². The fraction of sp³-hybridized carbons (Fsp3) is 0.789. The Morgan fingerprint density at radius 2 is 1.92 bits per heavy atom. The second-order valence-corrected chi connectivity index (χ2v) is 7.91. The van der Waals surface area contributed by atoms with Crippen LogP contribution < -0.4 is 10.6 Å². The van der Waals surface area contributed by atoms with Crippen LogP contribution in [0.3, 0.4) is 0 Å². The number of nitrogens with one attached hydrogen (secondary N) is 2. The Morgan fingerprint density at radius 1 is 1.12 bits per heavy atom. The Hall–Kier alpha value is -1.40. The monoisotopic (exact) mass is 348 g/mol. The van der Waals surface area contributed by atoms with E-state index in [-0.39, 0.29) is 6.04 Å². The van der Waals surface area contributed by atoms with Crippen LogP contribution in [0.15, 0.2) is 12.3 Å². The van der Waals surface area contributed by atoms with Crippen LogP contribution in [-0.4, -0.2) is 46.0 Å². The Morgan fingerprint density at radius 3 is 2.68 bits per heavy atom. The molecule has 2 fully saturated rings. The molecule has 1 aromatic heterocycles. The summed E-state index contributed by atoms with van der Waals surface area (Å²) in [7, 11) is 1.79. The average molecular weight is 348 g/mol. The van der Waals surface area contributed by atoms with Gasteiger partial charge >= 0.3 is 0 Å². The molecule has 0 amide bonds. The molecule has 0 aliphatic heterocycles. The highest BCUT2D eigenvalue weighted by molar-refractivity contribution is 5.41. The van der Waals surface area contributed by atoms with Crippen molar-refractivity contribution in [1.82, 2.24) is 9.97 Å². The van der Waals surface area contributed by atoms with E-state index in [2.05, 4.69) is 20.6 Å². The molecule has 0 radical (unpaired) electrons. The zero-order chi connectivity index (χ0) is 17.7. The number of rotatable bonds is 5. The second-order valence-electron chi connectivity index (χ2n) is 7.91. The van der Waals surface area contributed by atoms with Crippen molar-refractivity contribution >= 4 is 11.8 Å². The summed E-state index contributed by atoms with van der Waals surface area (Å²) in [6.07, 6.45) is 11.5. The second kappa shape index (κ2) is 8.32. The molecule has 2 atom stereocenters. The molecular weight excluding hydrogens is 316 g/mol. The normalized spacial score (nSPS) is 33.5. The van der Waals surface area contributed by atoms with Crippen molar-refractivity contribution in [2.75, 3.05) is 17.7 Å². The zero-order valence-corrected chi connectivity index (χ0v) is 15.5. The van der Waals surface area contributed by atoms with E-state index in [1.165, 1.54) is 0 Å². The minimum Gasteiger partial charge on any atom is -0.390 e. The number of aliphatic hydroxyl groups is 1. The molecule has 6 heteroatoms. The van der Waals surface area contributed by atoms with E-state index >= 15 is 0 Å². The first-order valence-corrected chi connectivity index (χ1v) is 9.65. The number of ether oxygens (including phenoxy) is 1. The highest BCUT2D eigenvalue weighted by atomic mass is 16.5. The molecule has 0 spiro atoms. The van der Waals surface area contributed by atoms with Crippen LogP contribution in [0.5, 0.6) is 0 Å². The van der Waals surface area contributed by atoms with Crippen LogP contribution in [0.4, 0.5) is 11.8 Å². The Labute approximate surface area is 150 Å². The van der Waals surface area contributed by atoms with E-state index in [1.54, 1.807) is 13.3 Å². The standard InChI is InChI=1S/C19H32N4O2/c1-19(24)11-4-3-5-15(13-19)21-17-10-12-20-18(23-17)22-14-6-8-16(25-2)9-7-14/h10,12,14-16,24H,3-9,11,13H2,1-2H3,(H2,20,21,22,23)/t14?,15-,16?,19-/m0/s1. The van der Waals surface area contributed by atoms with Gasteiger partial charge in [0, 0.05) is 25.4 Å². The molecular formula is C19H32N4O2. The largest absolute Gasteiger partial charge is 0.390 e. The lowest BCUT2D eigenvalue weighted by molar-refractivity contribution is 0.0420. The molecule has 0 bridgehead atoms. The topological polar surface area (TPSA) is 79.3 Å². The summed E-state index contributed by atoms with van der Waals surface area (Å²) < 4.78 is 5.43. The summed E-state index contributed by atoms with van der Waals surface area (Å²) in [6, 6.07) is 2.59. The van der Waals surface area contributed by atoms with Crippen LogP contribution in [0.1, 0.15) is 64.7 Å². The summed E-state index contributed by atoms with van der Waals surface area (Å²) in [6.45, 7) is 1.94. The summed E-state index contributed by atoms with van der Waals surface area (Å²) in [5.74, 6) is 1.53. The number of hydrogen-bond acceptors (Lipinski definition) is 6. The van der Waals surface area contributed by atoms with Gasteiger partial charge in [0.05, 0.1) is 11.7 Å². The van der Waals surface area contributed by atoms with Gasteiger partial charge in [0.15, 0.2) is 0 Å².